The summed E-state index contributed by atoms with van der Waals surface area (Å²) in [6.07, 6.45) is 1.31. The minimum absolute atomic E-state index is 0.0372. The molecule has 3 nitrogen and oxygen atoms in total. The van der Waals surface area contributed by atoms with Crippen LogP contribution in [-0.2, 0) is 4.79 Å². The second-order valence-corrected chi connectivity index (χ2v) is 4.98. The van der Waals surface area contributed by atoms with Crippen LogP contribution in [0.5, 0.6) is 0 Å². The van der Waals surface area contributed by atoms with Gasteiger partial charge >= 0.3 is 0 Å². The topological polar surface area (TPSA) is 57.5 Å². The molecule has 84 valence electrons. The normalized spacial score (nSPS) is 18.7. The first-order valence-corrected chi connectivity index (χ1v) is 5.06. The monoisotopic (exact) mass is 202 g/mol. The molecule has 0 aromatic rings. The van der Waals surface area contributed by atoms with E-state index in [2.05, 4.69) is 0 Å². The average Bonchev–Trinajstić information content (AvgIpc) is 2.17. The highest BCUT2D eigenvalue weighted by Crippen LogP contribution is 2.32. The number of carbonyl (C=O) groups excluding carboxylic acids is 1. The molecular weight excluding hydrogens is 180 g/mol. The van der Waals surface area contributed by atoms with Crippen LogP contribution in [0.4, 0.5) is 0 Å². The molecule has 0 spiro atoms. The Labute approximate surface area is 86.1 Å². The van der Waals surface area contributed by atoms with Crippen molar-refractivity contribution in [3.05, 3.63) is 0 Å². The zero-order chi connectivity index (χ0) is 11.4. The molecule has 0 aliphatic heterocycles. The molecule has 0 bridgehead atoms. The average molecular weight is 202 g/mol. The summed E-state index contributed by atoms with van der Waals surface area (Å²) in [7, 11) is 0. The second kappa shape index (κ2) is 4.89. The van der Waals surface area contributed by atoms with Gasteiger partial charge in [0, 0.05) is 12.0 Å². The predicted molar refractivity (Wildman–Crippen MR) is 56.0 cm³/mol. The van der Waals surface area contributed by atoms with E-state index < -0.39 is 11.5 Å². The molecule has 0 amide bonds. The third kappa shape index (κ3) is 3.39. The number of aliphatic hydroxyl groups excluding tert-OH is 2. The van der Waals surface area contributed by atoms with E-state index in [1.54, 1.807) is 13.8 Å². The Morgan fingerprint density at radius 1 is 1.36 bits per heavy atom. The van der Waals surface area contributed by atoms with Crippen LogP contribution >= 0.6 is 0 Å². The molecule has 0 aliphatic rings. The Morgan fingerprint density at radius 3 is 2.14 bits per heavy atom. The Bertz CT molecular complexity index is 183. The van der Waals surface area contributed by atoms with Crippen LogP contribution in [0.15, 0.2) is 0 Å². The van der Waals surface area contributed by atoms with Crippen LogP contribution in [0.3, 0.4) is 0 Å². The molecule has 2 atom stereocenters. The first kappa shape index (κ1) is 13.6. The van der Waals surface area contributed by atoms with Crippen LogP contribution in [-0.4, -0.2) is 29.2 Å². The van der Waals surface area contributed by atoms with Gasteiger partial charge in [-0.3, -0.25) is 0 Å². The minimum Gasteiger partial charge on any atom is -0.396 e. The molecule has 3 heteroatoms. The molecule has 0 aromatic carbocycles. The van der Waals surface area contributed by atoms with E-state index in [4.69, 9.17) is 0 Å². The summed E-state index contributed by atoms with van der Waals surface area (Å²) in [5, 5.41) is 19.0. The molecule has 0 radical (unpaired) electrons. The lowest BCUT2D eigenvalue weighted by molar-refractivity contribution is -0.121. The Hall–Kier alpha value is -0.410. The van der Waals surface area contributed by atoms with Crippen molar-refractivity contribution in [2.24, 2.45) is 10.8 Å². The molecule has 0 saturated heterocycles. The lowest BCUT2D eigenvalue weighted by Gasteiger charge is -2.33. The van der Waals surface area contributed by atoms with Gasteiger partial charge in [0.25, 0.3) is 0 Å². The zero-order valence-corrected chi connectivity index (χ0v) is 9.58. The van der Waals surface area contributed by atoms with E-state index in [1.807, 2.05) is 13.8 Å². The fourth-order valence-corrected chi connectivity index (χ4v) is 1.13. The standard InChI is InChI=1S/C11H22O3/c1-5-11(4,8-13)6-9(14)10(2,3)7-12/h7,9,13-14H,5-6,8H2,1-4H3. The highest BCUT2D eigenvalue weighted by molar-refractivity contribution is 5.58. The van der Waals surface area contributed by atoms with Crippen LogP contribution in [0.1, 0.15) is 40.5 Å². The van der Waals surface area contributed by atoms with Crippen LogP contribution in [0, 0.1) is 10.8 Å². The smallest absolute Gasteiger partial charge is 0.128 e. The van der Waals surface area contributed by atoms with Crippen molar-refractivity contribution in [1.29, 1.82) is 0 Å². The molecule has 0 saturated carbocycles. The van der Waals surface area contributed by atoms with Crippen molar-refractivity contribution in [3.63, 3.8) is 0 Å². The van der Waals surface area contributed by atoms with Crippen molar-refractivity contribution in [2.75, 3.05) is 6.61 Å². The summed E-state index contributed by atoms with van der Waals surface area (Å²) >= 11 is 0. The molecule has 0 fully saturated rings. The van der Waals surface area contributed by atoms with Gasteiger partial charge in [-0.05, 0) is 18.3 Å². The fraction of sp³-hybridized carbons (Fsp3) is 0.909. The molecule has 0 heterocycles. The maximum Gasteiger partial charge on any atom is 0.128 e. The summed E-state index contributed by atoms with van der Waals surface area (Å²) in [6.45, 7) is 7.33. The van der Waals surface area contributed by atoms with E-state index >= 15 is 0 Å². The molecule has 0 rings (SSSR count). The van der Waals surface area contributed by atoms with E-state index in [-0.39, 0.29) is 12.0 Å². The Morgan fingerprint density at radius 2 is 1.86 bits per heavy atom. The van der Waals surface area contributed by atoms with Crippen LogP contribution in [0.2, 0.25) is 0 Å². The number of aliphatic hydroxyl groups is 2. The van der Waals surface area contributed by atoms with Gasteiger partial charge in [-0.1, -0.05) is 27.7 Å². The molecule has 14 heavy (non-hydrogen) atoms. The Kier molecular flexibility index (Phi) is 4.75. The van der Waals surface area contributed by atoms with Crippen molar-refractivity contribution in [1.82, 2.24) is 0 Å². The fourth-order valence-electron chi connectivity index (χ4n) is 1.13. The van der Waals surface area contributed by atoms with Crippen LogP contribution < -0.4 is 0 Å². The van der Waals surface area contributed by atoms with Crippen molar-refractivity contribution in [3.8, 4) is 0 Å². The van der Waals surface area contributed by atoms with E-state index in [9.17, 15) is 15.0 Å². The largest absolute Gasteiger partial charge is 0.396 e. The highest BCUT2D eigenvalue weighted by Gasteiger charge is 2.33. The number of hydrogen-bond donors (Lipinski definition) is 2. The highest BCUT2D eigenvalue weighted by atomic mass is 16.3. The summed E-state index contributed by atoms with van der Waals surface area (Å²) in [5.74, 6) is 0. The zero-order valence-electron chi connectivity index (χ0n) is 9.58. The molecule has 0 aromatic heterocycles. The molecule has 0 aliphatic carbocycles. The number of hydrogen-bond acceptors (Lipinski definition) is 3. The summed E-state index contributed by atoms with van der Waals surface area (Å²) in [6, 6.07) is 0. The van der Waals surface area contributed by atoms with Crippen molar-refractivity contribution < 1.29 is 15.0 Å². The van der Waals surface area contributed by atoms with Gasteiger partial charge in [0.05, 0.1) is 6.10 Å². The molecule has 2 unspecified atom stereocenters. The van der Waals surface area contributed by atoms with E-state index in [0.717, 1.165) is 12.7 Å². The first-order valence-electron chi connectivity index (χ1n) is 5.06. The summed E-state index contributed by atoms with van der Waals surface area (Å²) < 4.78 is 0. The number of rotatable bonds is 6. The first-order chi connectivity index (χ1) is 6.31. The SMILES string of the molecule is CCC(C)(CO)CC(O)C(C)(C)C=O. The van der Waals surface area contributed by atoms with Gasteiger partial charge in [-0.15, -0.1) is 0 Å². The van der Waals surface area contributed by atoms with Gasteiger partial charge in [0.2, 0.25) is 0 Å². The number of carbonyl (C=O) groups is 1. The van der Waals surface area contributed by atoms with E-state index in [1.165, 1.54) is 0 Å². The quantitative estimate of drug-likeness (QED) is 0.640. The summed E-state index contributed by atoms with van der Waals surface area (Å²) in [4.78, 5) is 10.7. The van der Waals surface area contributed by atoms with Crippen molar-refractivity contribution >= 4 is 6.29 Å². The third-order valence-corrected chi connectivity index (χ3v) is 3.08. The van der Waals surface area contributed by atoms with Crippen LogP contribution in [0.25, 0.3) is 0 Å². The summed E-state index contributed by atoms with van der Waals surface area (Å²) in [5.41, 5.74) is -1.02. The van der Waals surface area contributed by atoms with Gasteiger partial charge in [0.15, 0.2) is 0 Å². The predicted octanol–water partition coefficient (Wildman–Crippen LogP) is 1.37. The van der Waals surface area contributed by atoms with Gasteiger partial charge in [-0.2, -0.15) is 0 Å². The van der Waals surface area contributed by atoms with Gasteiger partial charge in [-0.25, -0.2) is 0 Å². The van der Waals surface area contributed by atoms with E-state index in [0.29, 0.717) is 6.42 Å². The minimum atomic E-state index is -0.731. The lowest BCUT2D eigenvalue weighted by Crippen LogP contribution is -2.37. The third-order valence-electron chi connectivity index (χ3n) is 3.08. The van der Waals surface area contributed by atoms with Crippen molar-refractivity contribution in [2.45, 2.75) is 46.6 Å². The van der Waals surface area contributed by atoms with Gasteiger partial charge in [0.1, 0.15) is 6.29 Å². The van der Waals surface area contributed by atoms with Gasteiger partial charge < -0.3 is 15.0 Å². The molecule has 2 N–H and O–H groups in total. The molecular formula is C11H22O3. The lowest BCUT2D eigenvalue weighted by atomic mass is 9.75. The second-order valence-electron chi connectivity index (χ2n) is 4.98. The Balaban J connectivity index is 4.44. The number of aldehydes is 1. The maximum atomic E-state index is 10.7. The maximum absolute atomic E-state index is 10.7.